The largest absolute Gasteiger partial charge is 0.273 e. The lowest BCUT2D eigenvalue weighted by atomic mass is 9.87. The van der Waals surface area contributed by atoms with Gasteiger partial charge in [-0.1, -0.05) is 83.9 Å². The van der Waals surface area contributed by atoms with E-state index in [1.54, 1.807) is 23.3 Å². The number of hydrogen-bond donors (Lipinski definition) is 0. The zero-order valence-corrected chi connectivity index (χ0v) is 19.3. The molecule has 0 spiro atoms. The molecule has 168 valence electrons. The van der Waals surface area contributed by atoms with Gasteiger partial charge in [0.1, 0.15) is 5.92 Å². The number of halogens is 2. The molecule has 2 aliphatic heterocycles. The highest BCUT2D eigenvalue weighted by Gasteiger charge is 2.60. The maximum atomic E-state index is 13.8. The number of carbonyl (C=O) groups excluding carboxylic acids is 2. The minimum atomic E-state index is -0.963. The number of imide groups is 1. The van der Waals surface area contributed by atoms with Gasteiger partial charge in [0.2, 0.25) is 5.91 Å². The molecular formula is C27H18Cl2N2O3. The SMILES string of the molecule is O=C1[C@@H]2[C@@H](c3cccc4ccccc34)N(c3ccccc3)O[C@H]2C(=O)N1c1cc(Cl)cc(Cl)c1. The molecule has 0 radical (unpaired) electrons. The molecule has 0 saturated carbocycles. The summed E-state index contributed by atoms with van der Waals surface area (Å²) in [5, 5.41) is 4.45. The Balaban J connectivity index is 1.51. The van der Waals surface area contributed by atoms with Crippen molar-refractivity contribution in [3.63, 3.8) is 0 Å². The summed E-state index contributed by atoms with van der Waals surface area (Å²) in [6.45, 7) is 0. The number of amides is 2. The van der Waals surface area contributed by atoms with E-state index in [-0.39, 0.29) is 5.91 Å². The quantitative estimate of drug-likeness (QED) is 0.322. The van der Waals surface area contributed by atoms with Gasteiger partial charge in [0.05, 0.1) is 17.4 Å². The number of nitrogens with zero attached hydrogens (tertiary/aromatic N) is 2. The summed E-state index contributed by atoms with van der Waals surface area (Å²) in [5.74, 6) is -1.52. The van der Waals surface area contributed by atoms with Crippen molar-refractivity contribution in [1.82, 2.24) is 0 Å². The molecule has 4 aromatic rings. The zero-order chi connectivity index (χ0) is 23.4. The van der Waals surface area contributed by atoms with Crippen LogP contribution in [-0.2, 0) is 14.4 Å². The summed E-state index contributed by atoms with van der Waals surface area (Å²) >= 11 is 12.3. The van der Waals surface area contributed by atoms with Crippen LogP contribution in [0.2, 0.25) is 10.0 Å². The topological polar surface area (TPSA) is 49.9 Å². The normalized spacial score (nSPS) is 22.0. The van der Waals surface area contributed by atoms with Gasteiger partial charge in [-0.15, -0.1) is 0 Å². The Morgan fingerprint density at radius 2 is 1.38 bits per heavy atom. The Kier molecular flexibility index (Phi) is 5.06. The second-order valence-corrected chi connectivity index (χ2v) is 9.24. The molecule has 7 heteroatoms. The number of para-hydroxylation sites is 1. The Morgan fingerprint density at radius 3 is 2.15 bits per heavy atom. The van der Waals surface area contributed by atoms with E-state index in [4.69, 9.17) is 28.0 Å². The lowest BCUT2D eigenvalue weighted by molar-refractivity contribution is -0.126. The maximum absolute atomic E-state index is 13.8. The van der Waals surface area contributed by atoms with Crippen LogP contribution in [0.15, 0.2) is 91.0 Å². The van der Waals surface area contributed by atoms with E-state index in [0.29, 0.717) is 15.7 Å². The number of carbonyl (C=O) groups is 2. The predicted octanol–water partition coefficient (Wildman–Crippen LogP) is 6.20. The van der Waals surface area contributed by atoms with E-state index in [2.05, 4.69) is 0 Å². The maximum Gasteiger partial charge on any atom is 0.266 e. The van der Waals surface area contributed by atoms with Crippen LogP contribution < -0.4 is 9.96 Å². The highest BCUT2D eigenvalue weighted by atomic mass is 35.5. The molecular weight excluding hydrogens is 471 g/mol. The van der Waals surface area contributed by atoms with E-state index in [9.17, 15) is 9.59 Å². The monoisotopic (exact) mass is 488 g/mol. The van der Waals surface area contributed by atoms with Gasteiger partial charge in [0.25, 0.3) is 5.91 Å². The van der Waals surface area contributed by atoms with Gasteiger partial charge in [-0.2, -0.15) is 0 Å². The number of fused-ring (bicyclic) bond motifs is 2. The van der Waals surface area contributed by atoms with Gasteiger partial charge in [0, 0.05) is 10.0 Å². The van der Waals surface area contributed by atoms with Crippen LogP contribution in [0.1, 0.15) is 11.6 Å². The fraction of sp³-hybridized carbons (Fsp3) is 0.111. The van der Waals surface area contributed by atoms with Crippen LogP contribution in [0.4, 0.5) is 11.4 Å². The molecule has 2 heterocycles. The standard InChI is InChI=1S/C27H18Cl2N2O3/c28-17-13-18(29)15-20(14-17)30-26(32)23-24(22-12-6-8-16-7-4-5-11-21(16)22)31(34-25(23)27(30)33)19-9-2-1-3-10-19/h1-15,23-25H/t23-,24-,25-/m1/s1. The van der Waals surface area contributed by atoms with Crippen molar-refractivity contribution in [2.24, 2.45) is 5.92 Å². The van der Waals surface area contributed by atoms with Gasteiger partial charge in [-0.3, -0.25) is 14.4 Å². The summed E-state index contributed by atoms with van der Waals surface area (Å²) in [6.07, 6.45) is -0.963. The lowest BCUT2D eigenvalue weighted by Gasteiger charge is -2.29. The molecule has 34 heavy (non-hydrogen) atoms. The van der Waals surface area contributed by atoms with Crippen molar-refractivity contribution in [3.8, 4) is 0 Å². The Morgan fingerprint density at radius 1 is 0.706 bits per heavy atom. The highest BCUT2D eigenvalue weighted by molar-refractivity contribution is 6.35. The second-order valence-electron chi connectivity index (χ2n) is 8.37. The second kappa shape index (κ2) is 8.13. The van der Waals surface area contributed by atoms with Crippen LogP contribution in [0, 0.1) is 5.92 Å². The first-order chi connectivity index (χ1) is 16.5. The van der Waals surface area contributed by atoms with Crippen LogP contribution in [0.5, 0.6) is 0 Å². The molecule has 2 saturated heterocycles. The molecule has 3 atom stereocenters. The van der Waals surface area contributed by atoms with Crippen molar-refractivity contribution in [2.75, 3.05) is 9.96 Å². The first-order valence-corrected chi connectivity index (χ1v) is 11.6. The Labute approximate surface area is 206 Å². The predicted molar refractivity (Wildman–Crippen MR) is 133 cm³/mol. The van der Waals surface area contributed by atoms with E-state index in [1.165, 1.54) is 0 Å². The molecule has 2 aliphatic rings. The van der Waals surface area contributed by atoms with Gasteiger partial charge in [-0.25, -0.2) is 9.96 Å². The summed E-state index contributed by atoms with van der Waals surface area (Å²) in [6, 6.07) is 27.7. The Bertz CT molecular complexity index is 1420. The molecule has 0 unspecified atom stereocenters. The number of hydroxylamine groups is 1. The van der Waals surface area contributed by atoms with Crippen LogP contribution in [0.3, 0.4) is 0 Å². The fourth-order valence-corrected chi connectivity index (χ4v) is 5.47. The summed E-state index contributed by atoms with van der Waals surface area (Å²) < 4.78 is 0. The van der Waals surface area contributed by atoms with Crippen molar-refractivity contribution in [3.05, 3.63) is 107 Å². The summed E-state index contributed by atoms with van der Waals surface area (Å²) in [5.41, 5.74) is 2.03. The molecule has 0 aliphatic carbocycles. The molecule has 0 aromatic heterocycles. The highest BCUT2D eigenvalue weighted by Crippen LogP contribution is 2.49. The Hall–Kier alpha value is -3.38. The third kappa shape index (κ3) is 3.28. The molecule has 0 bridgehead atoms. The van der Waals surface area contributed by atoms with E-state index in [1.807, 2.05) is 72.8 Å². The average molecular weight is 489 g/mol. The van der Waals surface area contributed by atoms with Gasteiger partial charge < -0.3 is 0 Å². The van der Waals surface area contributed by atoms with Crippen molar-refractivity contribution in [2.45, 2.75) is 12.1 Å². The minimum Gasteiger partial charge on any atom is -0.273 e. The average Bonchev–Trinajstić information content (AvgIpc) is 3.34. The summed E-state index contributed by atoms with van der Waals surface area (Å²) in [4.78, 5) is 34.7. The zero-order valence-electron chi connectivity index (χ0n) is 17.8. The van der Waals surface area contributed by atoms with E-state index < -0.39 is 24.0 Å². The number of hydrogen-bond acceptors (Lipinski definition) is 4. The first kappa shape index (κ1) is 21.2. The minimum absolute atomic E-state index is 0.341. The lowest BCUT2D eigenvalue weighted by Crippen LogP contribution is -2.37. The molecule has 2 fully saturated rings. The third-order valence-corrected chi connectivity index (χ3v) is 6.81. The van der Waals surface area contributed by atoms with E-state index >= 15 is 0 Å². The first-order valence-electron chi connectivity index (χ1n) is 10.9. The van der Waals surface area contributed by atoms with Crippen molar-refractivity contribution in [1.29, 1.82) is 0 Å². The van der Waals surface area contributed by atoms with E-state index in [0.717, 1.165) is 26.9 Å². The number of anilines is 2. The molecule has 2 amide bonds. The van der Waals surface area contributed by atoms with Crippen LogP contribution in [-0.4, -0.2) is 17.9 Å². The van der Waals surface area contributed by atoms with Crippen molar-refractivity contribution >= 4 is 57.2 Å². The molecule has 6 rings (SSSR count). The molecule has 4 aromatic carbocycles. The van der Waals surface area contributed by atoms with Gasteiger partial charge in [0.15, 0.2) is 6.10 Å². The smallest absolute Gasteiger partial charge is 0.266 e. The third-order valence-electron chi connectivity index (χ3n) is 6.37. The van der Waals surface area contributed by atoms with Crippen LogP contribution in [0.25, 0.3) is 10.8 Å². The van der Waals surface area contributed by atoms with Crippen molar-refractivity contribution < 1.29 is 14.4 Å². The van der Waals surface area contributed by atoms with Crippen LogP contribution >= 0.6 is 23.2 Å². The van der Waals surface area contributed by atoms with Gasteiger partial charge in [-0.05, 0) is 46.7 Å². The number of rotatable bonds is 3. The summed E-state index contributed by atoms with van der Waals surface area (Å²) in [7, 11) is 0. The van der Waals surface area contributed by atoms with Gasteiger partial charge >= 0.3 is 0 Å². The number of benzene rings is 4. The fourth-order valence-electron chi connectivity index (χ4n) is 4.96. The molecule has 5 nitrogen and oxygen atoms in total. The molecule has 0 N–H and O–H groups in total.